The predicted octanol–water partition coefficient (Wildman–Crippen LogP) is 5.53. The van der Waals surface area contributed by atoms with Crippen LogP contribution in [0.25, 0.3) is 10.8 Å². The molecule has 192 valence electrons. The number of piperidine rings is 1. The van der Waals surface area contributed by atoms with Crippen LogP contribution in [0.1, 0.15) is 56.0 Å². The molecule has 6 nitrogen and oxygen atoms in total. The molecule has 3 aliphatic heterocycles. The molecule has 2 aromatic carbocycles. The fourth-order valence-electron chi connectivity index (χ4n) is 7.27. The van der Waals surface area contributed by atoms with Crippen LogP contribution in [0.4, 0.5) is 10.6 Å². The summed E-state index contributed by atoms with van der Waals surface area (Å²) in [7, 11) is 0. The zero-order valence-corrected chi connectivity index (χ0v) is 22.9. The largest absolute Gasteiger partial charge is 0.444 e. The minimum Gasteiger partial charge on any atom is -0.444 e. The van der Waals surface area contributed by atoms with Crippen molar-refractivity contribution in [1.29, 1.82) is 0 Å². The summed E-state index contributed by atoms with van der Waals surface area (Å²) in [6.45, 7) is 7.41. The van der Waals surface area contributed by atoms with Gasteiger partial charge in [-0.25, -0.2) is 14.8 Å². The van der Waals surface area contributed by atoms with E-state index in [1.54, 1.807) is 11.8 Å². The predicted molar refractivity (Wildman–Crippen MR) is 148 cm³/mol. The van der Waals surface area contributed by atoms with Crippen LogP contribution in [0.15, 0.2) is 41.6 Å². The highest BCUT2D eigenvalue weighted by Gasteiger charge is 2.50. The van der Waals surface area contributed by atoms with Crippen LogP contribution < -0.4 is 4.90 Å². The molecule has 0 radical (unpaired) electrons. The Hall–Kier alpha value is -2.80. The number of amides is 1. The number of aromatic nitrogens is 2. The lowest BCUT2D eigenvalue weighted by molar-refractivity contribution is -0.0381. The standard InChI is InChI=1S/C30H34N4O2S/c1-29(2,3)36-28(35)34-20-13-21(34)17-33(16-20)26-22-11-12-30(15-24(22)31-27(32-26)37-4)14-19-9-5-7-18-8-6-10-23(30)25(18)19/h5-10,20-21H,11-17H2,1-4H3. The van der Waals surface area contributed by atoms with Crippen molar-refractivity contribution >= 4 is 34.4 Å². The quantitative estimate of drug-likeness (QED) is 0.331. The number of thioether (sulfide) groups is 1. The summed E-state index contributed by atoms with van der Waals surface area (Å²) in [5, 5.41) is 3.67. The molecule has 0 N–H and O–H groups in total. The molecule has 1 aromatic heterocycles. The number of hydrogen-bond donors (Lipinski definition) is 0. The molecule has 2 bridgehead atoms. The van der Waals surface area contributed by atoms with Gasteiger partial charge < -0.3 is 9.64 Å². The minimum atomic E-state index is -0.472. The summed E-state index contributed by atoms with van der Waals surface area (Å²) < 4.78 is 5.69. The summed E-state index contributed by atoms with van der Waals surface area (Å²) >= 11 is 1.62. The number of fused-ring (bicyclic) bond motifs is 4. The molecule has 4 heterocycles. The molecule has 1 amide bonds. The summed E-state index contributed by atoms with van der Waals surface area (Å²) in [6.07, 6.45) is 7.09. The summed E-state index contributed by atoms with van der Waals surface area (Å²) in [6, 6.07) is 13.9. The van der Waals surface area contributed by atoms with E-state index in [1.165, 1.54) is 33.2 Å². The van der Waals surface area contributed by atoms with Gasteiger partial charge in [-0.1, -0.05) is 48.2 Å². The second-order valence-electron chi connectivity index (χ2n) is 12.2. The molecule has 3 saturated heterocycles. The number of carbonyl (C=O) groups is 1. The maximum Gasteiger partial charge on any atom is 0.410 e. The van der Waals surface area contributed by atoms with Crippen LogP contribution >= 0.6 is 11.8 Å². The third-order valence-electron chi connectivity index (χ3n) is 8.78. The Morgan fingerprint density at radius 2 is 1.84 bits per heavy atom. The number of hydrogen-bond acceptors (Lipinski definition) is 6. The van der Waals surface area contributed by atoms with Crippen molar-refractivity contribution in [2.75, 3.05) is 24.2 Å². The number of ether oxygens (including phenoxy) is 1. The van der Waals surface area contributed by atoms with Crippen molar-refractivity contribution in [3.8, 4) is 0 Å². The summed E-state index contributed by atoms with van der Waals surface area (Å²) in [5.74, 6) is 1.09. The fourth-order valence-corrected chi connectivity index (χ4v) is 7.65. The first-order chi connectivity index (χ1) is 17.7. The minimum absolute atomic E-state index is 0.120. The third kappa shape index (κ3) is 3.64. The normalized spacial score (nSPS) is 25.8. The lowest BCUT2D eigenvalue weighted by Gasteiger charge is -2.56. The van der Waals surface area contributed by atoms with E-state index in [0.29, 0.717) is 0 Å². The van der Waals surface area contributed by atoms with Crippen molar-refractivity contribution in [1.82, 2.24) is 14.9 Å². The average molecular weight is 515 g/mol. The Kier molecular flexibility index (Phi) is 5.11. The van der Waals surface area contributed by atoms with E-state index in [-0.39, 0.29) is 23.6 Å². The first kappa shape index (κ1) is 23.3. The van der Waals surface area contributed by atoms with Crippen molar-refractivity contribution in [2.45, 2.75) is 81.1 Å². The third-order valence-corrected chi connectivity index (χ3v) is 9.33. The number of anilines is 1. The van der Waals surface area contributed by atoms with E-state index in [1.807, 2.05) is 25.7 Å². The SMILES string of the molecule is CSc1nc2c(c(N3CC4CC(C3)N4C(=O)OC(C)(C)C)n1)CCC1(C2)Cc2cccc3cccc1c23. The van der Waals surface area contributed by atoms with Gasteiger partial charge in [-0.3, -0.25) is 4.90 Å². The molecule has 8 rings (SSSR count). The summed E-state index contributed by atoms with van der Waals surface area (Å²) in [5.41, 5.74) is 5.17. The maximum absolute atomic E-state index is 12.8. The van der Waals surface area contributed by atoms with Gasteiger partial charge in [-0.05, 0) is 74.6 Å². The smallest absolute Gasteiger partial charge is 0.410 e. The molecule has 1 spiro atoms. The highest BCUT2D eigenvalue weighted by Crippen LogP contribution is 2.50. The number of nitrogens with zero attached hydrogens (tertiary/aromatic N) is 4. The Morgan fingerprint density at radius 1 is 1.08 bits per heavy atom. The van der Waals surface area contributed by atoms with Gasteiger partial charge in [0.25, 0.3) is 0 Å². The monoisotopic (exact) mass is 514 g/mol. The lowest BCUT2D eigenvalue weighted by atomic mass is 9.69. The van der Waals surface area contributed by atoms with E-state index in [9.17, 15) is 4.79 Å². The average Bonchev–Trinajstić information content (AvgIpc) is 3.16. The Morgan fingerprint density at radius 3 is 2.57 bits per heavy atom. The Balaban J connectivity index is 1.19. The Labute approximate surface area is 222 Å². The second-order valence-corrected chi connectivity index (χ2v) is 13.0. The van der Waals surface area contributed by atoms with E-state index >= 15 is 0 Å². The van der Waals surface area contributed by atoms with E-state index in [2.05, 4.69) is 47.6 Å². The molecule has 0 saturated carbocycles. The molecule has 3 unspecified atom stereocenters. The van der Waals surface area contributed by atoms with Gasteiger partial charge in [0.15, 0.2) is 5.16 Å². The van der Waals surface area contributed by atoms with Gasteiger partial charge in [0.2, 0.25) is 0 Å². The van der Waals surface area contributed by atoms with Crippen molar-refractivity contribution in [3.63, 3.8) is 0 Å². The Bertz CT molecular complexity index is 1420. The van der Waals surface area contributed by atoms with Gasteiger partial charge in [0.05, 0.1) is 17.8 Å². The molecule has 3 atom stereocenters. The fraction of sp³-hybridized carbons (Fsp3) is 0.500. The van der Waals surface area contributed by atoms with E-state index in [0.717, 1.165) is 56.2 Å². The first-order valence-electron chi connectivity index (χ1n) is 13.5. The van der Waals surface area contributed by atoms with Crippen LogP contribution in [-0.2, 0) is 29.4 Å². The zero-order valence-electron chi connectivity index (χ0n) is 22.1. The molecule has 2 aliphatic carbocycles. The molecular formula is C30H34N4O2S. The van der Waals surface area contributed by atoms with Gasteiger partial charge in [-0.15, -0.1) is 0 Å². The van der Waals surface area contributed by atoms with Crippen molar-refractivity contribution in [3.05, 3.63) is 58.8 Å². The van der Waals surface area contributed by atoms with Crippen LogP contribution in [0.5, 0.6) is 0 Å². The maximum atomic E-state index is 12.8. The number of rotatable bonds is 2. The topological polar surface area (TPSA) is 58.6 Å². The highest BCUT2D eigenvalue weighted by atomic mass is 32.2. The zero-order chi connectivity index (χ0) is 25.5. The molecule has 3 aromatic rings. The van der Waals surface area contributed by atoms with Gasteiger partial charge in [0, 0.05) is 30.5 Å². The van der Waals surface area contributed by atoms with Gasteiger partial charge in [-0.2, -0.15) is 0 Å². The summed E-state index contributed by atoms with van der Waals surface area (Å²) in [4.78, 5) is 27.3. The van der Waals surface area contributed by atoms with Crippen molar-refractivity contribution < 1.29 is 9.53 Å². The van der Waals surface area contributed by atoms with Crippen LogP contribution in [-0.4, -0.2) is 58.0 Å². The van der Waals surface area contributed by atoms with Crippen LogP contribution in [0.2, 0.25) is 0 Å². The van der Waals surface area contributed by atoms with Crippen molar-refractivity contribution in [2.24, 2.45) is 0 Å². The van der Waals surface area contributed by atoms with Crippen LogP contribution in [0, 0.1) is 0 Å². The molecule has 37 heavy (non-hydrogen) atoms. The van der Waals surface area contributed by atoms with E-state index < -0.39 is 5.60 Å². The first-order valence-corrected chi connectivity index (χ1v) is 14.7. The molecule has 5 aliphatic rings. The lowest BCUT2D eigenvalue weighted by Crippen LogP contribution is -2.70. The highest BCUT2D eigenvalue weighted by molar-refractivity contribution is 7.98. The molecule has 7 heteroatoms. The van der Waals surface area contributed by atoms with Crippen LogP contribution in [0.3, 0.4) is 0 Å². The van der Waals surface area contributed by atoms with Gasteiger partial charge in [0.1, 0.15) is 11.4 Å². The van der Waals surface area contributed by atoms with E-state index in [4.69, 9.17) is 14.7 Å². The molecular weight excluding hydrogens is 480 g/mol. The number of piperazine rings is 1. The van der Waals surface area contributed by atoms with Gasteiger partial charge >= 0.3 is 6.09 Å². The second kappa shape index (κ2) is 8.10. The number of benzene rings is 2. The number of carbonyl (C=O) groups excluding carboxylic acids is 1. The molecule has 3 fully saturated rings.